The number of hydrogen-bond donors (Lipinski definition) is 1. The number of rotatable bonds is 7. The van der Waals surface area contributed by atoms with Gasteiger partial charge in [-0.05, 0) is 53.1 Å². The number of carboxylic acids is 1. The van der Waals surface area contributed by atoms with Crippen LogP contribution in [0.15, 0.2) is 91.0 Å². The number of pyridine rings is 1. The molecular weight excluding hydrogens is 386 g/mol. The highest BCUT2D eigenvalue weighted by atomic mass is 16.5. The van der Waals surface area contributed by atoms with Crippen molar-refractivity contribution in [3.63, 3.8) is 0 Å². The Bertz CT molecular complexity index is 1260. The molecular formula is C27H21NO3. The molecule has 152 valence electrons. The predicted octanol–water partition coefficient (Wildman–Crippen LogP) is 6.08. The molecule has 0 atom stereocenters. The summed E-state index contributed by atoms with van der Waals surface area (Å²) in [6, 6.07) is 27.5. The van der Waals surface area contributed by atoms with E-state index in [1.165, 1.54) is 0 Å². The largest absolute Gasteiger partial charge is 0.489 e. The molecule has 0 aliphatic carbocycles. The highest BCUT2D eigenvalue weighted by Gasteiger charge is 2.02. The van der Waals surface area contributed by atoms with Crippen LogP contribution >= 0.6 is 0 Å². The van der Waals surface area contributed by atoms with Gasteiger partial charge >= 0.3 is 5.97 Å². The Morgan fingerprint density at radius 1 is 0.839 bits per heavy atom. The summed E-state index contributed by atoms with van der Waals surface area (Å²) < 4.78 is 5.89. The Morgan fingerprint density at radius 2 is 1.61 bits per heavy atom. The molecule has 0 radical (unpaired) electrons. The summed E-state index contributed by atoms with van der Waals surface area (Å²) in [6.45, 7) is 0.357. The van der Waals surface area contributed by atoms with E-state index >= 15 is 0 Å². The first-order chi connectivity index (χ1) is 15.2. The van der Waals surface area contributed by atoms with E-state index in [0.717, 1.165) is 45.1 Å². The van der Waals surface area contributed by atoms with Crippen molar-refractivity contribution in [2.75, 3.05) is 0 Å². The normalized spacial score (nSPS) is 11.4. The molecule has 0 spiro atoms. The average molecular weight is 407 g/mol. The maximum atomic E-state index is 10.8. The first kappa shape index (κ1) is 20.1. The molecule has 0 saturated heterocycles. The number of nitrogens with zero attached hydrogens (tertiary/aromatic N) is 1. The number of aliphatic carboxylic acids is 1. The van der Waals surface area contributed by atoms with Crippen molar-refractivity contribution in [2.24, 2.45) is 0 Å². The lowest BCUT2D eigenvalue weighted by atomic mass is 10.1. The molecule has 0 bridgehead atoms. The van der Waals surface area contributed by atoms with Gasteiger partial charge in [-0.1, -0.05) is 66.7 Å². The van der Waals surface area contributed by atoms with Gasteiger partial charge < -0.3 is 9.84 Å². The molecule has 0 aliphatic rings. The lowest BCUT2D eigenvalue weighted by molar-refractivity contribution is -0.131. The lowest BCUT2D eigenvalue weighted by Gasteiger charge is -2.09. The van der Waals surface area contributed by atoms with Gasteiger partial charge in [-0.25, -0.2) is 9.78 Å². The third-order valence-corrected chi connectivity index (χ3v) is 4.80. The summed E-state index contributed by atoms with van der Waals surface area (Å²) >= 11 is 0. The van der Waals surface area contributed by atoms with Gasteiger partial charge in [0.2, 0.25) is 0 Å². The zero-order valence-electron chi connectivity index (χ0n) is 16.8. The van der Waals surface area contributed by atoms with Crippen molar-refractivity contribution in [1.29, 1.82) is 0 Å². The first-order valence-electron chi connectivity index (χ1n) is 9.93. The van der Waals surface area contributed by atoms with Crippen molar-refractivity contribution in [3.8, 4) is 5.75 Å². The number of carbonyl (C=O) groups is 1. The van der Waals surface area contributed by atoms with Gasteiger partial charge in [0.05, 0.1) is 11.2 Å². The Balaban J connectivity index is 1.40. The molecule has 4 aromatic rings. The van der Waals surface area contributed by atoms with Gasteiger partial charge in [0.15, 0.2) is 0 Å². The van der Waals surface area contributed by atoms with Gasteiger partial charge in [0, 0.05) is 11.5 Å². The number of benzene rings is 3. The second-order valence-corrected chi connectivity index (χ2v) is 6.99. The van der Waals surface area contributed by atoms with E-state index in [9.17, 15) is 4.79 Å². The maximum Gasteiger partial charge on any atom is 0.328 e. The van der Waals surface area contributed by atoms with Crippen LogP contribution in [-0.4, -0.2) is 16.1 Å². The van der Waals surface area contributed by atoms with E-state index < -0.39 is 5.97 Å². The van der Waals surface area contributed by atoms with Gasteiger partial charge in [0.25, 0.3) is 0 Å². The Kier molecular flexibility index (Phi) is 6.19. The molecule has 0 aliphatic heterocycles. The third kappa shape index (κ3) is 5.46. The van der Waals surface area contributed by atoms with Crippen LogP contribution in [0.25, 0.3) is 29.1 Å². The Morgan fingerprint density at radius 3 is 2.45 bits per heavy atom. The number of fused-ring (bicyclic) bond motifs is 1. The van der Waals surface area contributed by atoms with Gasteiger partial charge in [-0.15, -0.1) is 0 Å². The third-order valence-electron chi connectivity index (χ3n) is 4.80. The lowest BCUT2D eigenvalue weighted by Crippen LogP contribution is -1.98. The molecule has 3 aromatic carbocycles. The summed E-state index contributed by atoms with van der Waals surface area (Å²) in [7, 11) is 0. The fourth-order valence-electron chi connectivity index (χ4n) is 3.18. The molecule has 1 N–H and O–H groups in total. The van der Waals surface area contributed by atoms with Crippen molar-refractivity contribution in [3.05, 3.63) is 113 Å². The smallest absolute Gasteiger partial charge is 0.328 e. The zero-order valence-corrected chi connectivity index (χ0v) is 16.8. The molecule has 0 amide bonds. The summed E-state index contributed by atoms with van der Waals surface area (Å²) in [4.78, 5) is 15.4. The van der Waals surface area contributed by atoms with Crippen LogP contribution in [0.1, 0.15) is 22.4 Å². The Hall–Kier alpha value is -4.18. The van der Waals surface area contributed by atoms with Crippen LogP contribution in [0.4, 0.5) is 0 Å². The predicted molar refractivity (Wildman–Crippen MR) is 125 cm³/mol. The number of hydrogen-bond acceptors (Lipinski definition) is 3. The summed E-state index contributed by atoms with van der Waals surface area (Å²) in [6.07, 6.45) is 6.72. The fourth-order valence-corrected chi connectivity index (χ4v) is 3.18. The number of para-hydroxylation sites is 1. The van der Waals surface area contributed by atoms with Gasteiger partial charge in [-0.2, -0.15) is 0 Å². The SMILES string of the molecule is O=C(O)C=Cc1ccccc1COc1ccc(C=Cc2ccc3ccccc3n2)cc1. The number of ether oxygens (including phenoxy) is 1. The van der Waals surface area contributed by atoms with Crippen LogP contribution < -0.4 is 4.74 Å². The van der Waals surface area contributed by atoms with Crippen LogP contribution in [0.5, 0.6) is 5.75 Å². The molecule has 4 nitrogen and oxygen atoms in total. The van der Waals surface area contributed by atoms with Crippen LogP contribution in [-0.2, 0) is 11.4 Å². The average Bonchev–Trinajstić information content (AvgIpc) is 2.81. The highest BCUT2D eigenvalue weighted by Crippen LogP contribution is 2.19. The first-order valence-corrected chi connectivity index (χ1v) is 9.93. The minimum Gasteiger partial charge on any atom is -0.489 e. The van der Waals surface area contributed by atoms with Crippen LogP contribution in [0.2, 0.25) is 0 Å². The minimum absolute atomic E-state index is 0.357. The second-order valence-electron chi connectivity index (χ2n) is 6.99. The summed E-state index contributed by atoms with van der Waals surface area (Å²) in [5.74, 6) is -0.226. The highest BCUT2D eigenvalue weighted by molar-refractivity contribution is 5.85. The molecule has 31 heavy (non-hydrogen) atoms. The molecule has 4 rings (SSSR count). The quantitative estimate of drug-likeness (QED) is 0.377. The summed E-state index contributed by atoms with van der Waals surface area (Å²) in [5.41, 5.74) is 4.68. The molecule has 4 heteroatoms. The second kappa shape index (κ2) is 9.55. The topological polar surface area (TPSA) is 59.4 Å². The van der Waals surface area contributed by atoms with E-state index in [0.29, 0.717) is 6.61 Å². The molecule has 0 fully saturated rings. The van der Waals surface area contributed by atoms with E-state index in [2.05, 4.69) is 17.1 Å². The monoisotopic (exact) mass is 407 g/mol. The van der Waals surface area contributed by atoms with Gasteiger partial charge in [0.1, 0.15) is 12.4 Å². The standard InChI is InChI=1S/C27H21NO3/c29-27(30)18-13-21-5-1-2-7-23(21)19-31-25-16-10-20(11-17-25)9-14-24-15-12-22-6-3-4-8-26(22)28-24/h1-18H,19H2,(H,29,30). The zero-order chi connectivity index (χ0) is 21.5. The van der Waals surface area contributed by atoms with Crippen molar-refractivity contribution >= 4 is 35.1 Å². The van der Waals surface area contributed by atoms with Crippen LogP contribution in [0.3, 0.4) is 0 Å². The van der Waals surface area contributed by atoms with Gasteiger partial charge in [-0.3, -0.25) is 0 Å². The fraction of sp³-hybridized carbons (Fsp3) is 0.0370. The maximum absolute atomic E-state index is 10.8. The van der Waals surface area contributed by atoms with Crippen molar-refractivity contribution < 1.29 is 14.6 Å². The van der Waals surface area contributed by atoms with Crippen molar-refractivity contribution in [2.45, 2.75) is 6.61 Å². The Labute approximate surface area is 180 Å². The molecule has 0 saturated carbocycles. The number of carboxylic acid groups (broad SMARTS) is 1. The van der Waals surface area contributed by atoms with E-state index in [-0.39, 0.29) is 0 Å². The minimum atomic E-state index is -0.974. The number of aromatic nitrogens is 1. The van der Waals surface area contributed by atoms with E-state index in [1.54, 1.807) is 6.08 Å². The molecule has 1 heterocycles. The van der Waals surface area contributed by atoms with Crippen molar-refractivity contribution in [1.82, 2.24) is 4.98 Å². The van der Waals surface area contributed by atoms with E-state index in [4.69, 9.17) is 9.84 Å². The molecule has 1 aromatic heterocycles. The summed E-state index contributed by atoms with van der Waals surface area (Å²) in [5, 5.41) is 9.96. The van der Waals surface area contributed by atoms with E-state index in [1.807, 2.05) is 84.9 Å². The van der Waals surface area contributed by atoms with Crippen LogP contribution in [0, 0.1) is 0 Å². The molecule has 0 unspecified atom stereocenters.